The molecule has 0 fully saturated rings. The first-order chi connectivity index (χ1) is 15.1. The van der Waals surface area contributed by atoms with E-state index in [1.54, 1.807) is 6.92 Å². The van der Waals surface area contributed by atoms with Gasteiger partial charge in [-0.2, -0.15) is 0 Å². The number of fused-ring (bicyclic) bond motifs is 1. The number of aromatic nitrogens is 2. The minimum absolute atomic E-state index is 0.0558. The summed E-state index contributed by atoms with van der Waals surface area (Å²) in [5.41, 5.74) is 2.74. The third-order valence-electron chi connectivity index (χ3n) is 5.22. The van der Waals surface area contributed by atoms with Crippen LogP contribution in [-0.4, -0.2) is 23.0 Å². The molecule has 2 N–H and O–H groups in total. The Morgan fingerprint density at radius 1 is 1.13 bits per heavy atom. The molecular formula is C24H23N3O3S. The summed E-state index contributed by atoms with van der Waals surface area (Å²) < 4.78 is 4.82. The first kappa shape index (κ1) is 21.0. The molecule has 4 rings (SSSR count). The van der Waals surface area contributed by atoms with Crippen LogP contribution in [-0.2, 0) is 17.7 Å². The number of benzene rings is 2. The largest absolute Gasteiger partial charge is 0.465 e. The van der Waals surface area contributed by atoms with E-state index in [9.17, 15) is 9.59 Å². The van der Waals surface area contributed by atoms with E-state index < -0.39 is 5.97 Å². The van der Waals surface area contributed by atoms with Gasteiger partial charge in [-0.3, -0.25) is 4.79 Å². The summed E-state index contributed by atoms with van der Waals surface area (Å²) in [6.45, 7) is 2.13. The SMILES string of the molecule is COC(=O)c1sc2nc(CNC(Cc3ccccc3)c3ccccc3)[nH]c(=O)c2c1C. The molecule has 2 aromatic carbocycles. The van der Waals surface area contributed by atoms with Crippen molar-refractivity contribution in [3.8, 4) is 0 Å². The number of hydrogen-bond donors (Lipinski definition) is 2. The third-order valence-corrected chi connectivity index (χ3v) is 6.39. The van der Waals surface area contributed by atoms with Crippen molar-refractivity contribution >= 4 is 27.5 Å². The highest BCUT2D eigenvalue weighted by Crippen LogP contribution is 2.27. The fraction of sp³-hybridized carbons (Fsp3) is 0.208. The smallest absolute Gasteiger partial charge is 0.348 e. The summed E-state index contributed by atoms with van der Waals surface area (Å²) in [5.74, 6) is 0.0794. The highest BCUT2D eigenvalue weighted by atomic mass is 32.1. The number of methoxy groups -OCH3 is 1. The minimum atomic E-state index is -0.452. The highest BCUT2D eigenvalue weighted by Gasteiger charge is 2.20. The molecule has 0 amide bonds. The summed E-state index contributed by atoms with van der Waals surface area (Å²) in [6.07, 6.45) is 0.807. The average Bonchev–Trinajstić information content (AvgIpc) is 3.14. The Morgan fingerprint density at radius 3 is 2.48 bits per heavy atom. The molecule has 4 aromatic rings. The fourth-order valence-electron chi connectivity index (χ4n) is 3.62. The van der Waals surface area contributed by atoms with E-state index in [0.29, 0.717) is 33.0 Å². The lowest BCUT2D eigenvalue weighted by molar-refractivity contribution is 0.0605. The van der Waals surface area contributed by atoms with Crippen molar-refractivity contribution in [2.75, 3.05) is 7.11 Å². The molecule has 6 nitrogen and oxygen atoms in total. The summed E-state index contributed by atoms with van der Waals surface area (Å²) in [6, 6.07) is 20.5. The van der Waals surface area contributed by atoms with Gasteiger partial charge in [-0.15, -0.1) is 11.3 Å². The second-order valence-corrected chi connectivity index (χ2v) is 8.27. The maximum atomic E-state index is 12.7. The maximum Gasteiger partial charge on any atom is 0.348 e. The van der Waals surface area contributed by atoms with Gasteiger partial charge in [-0.05, 0) is 30.0 Å². The summed E-state index contributed by atoms with van der Waals surface area (Å²) in [4.78, 5) is 33.1. The molecule has 1 unspecified atom stereocenters. The van der Waals surface area contributed by atoms with Crippen molar-refractivity contribution in [2.45, 2.75) is 25.9 Å². The Labute approximate surface area is 183 Å². The molecule has 0 spiro atoms. The van der Waals surface area contributed by atoms with Crippen LogP contribution < -0.4 is 10.9 Å². The maximum absolute atomic E-state index is 12.7. The Morgan fingerprint density at radius 2 is 1.81 bits per heavy atom. The van der Waals surface area contributed by atoms with Crippen molar-refractivity contribution in [3.05, 3.63) is 98.4 Å². The average molecular weight is 434 g/mol. The predicted octanol–water partition coefficient (Wildman–Crippen LogP) is 4.15. The van der Waals surface area contributed by atoms with Crippen LogP contribution in [0.1, 0.15) is 38.2 Å². The minimum Gasteiger partial charge on any atom is -0.465 e. The first-order valence-corrected chi connectivity index (χ1v) is 10.8. The predicted molar refractivity (Wildman–Crippen MR) is 122 cm³/mol. The van der Waals surface area contributed by atoms with Crippen LogP contribution in [0.4, 0.5) is 0 Å². The first-order valence-electron chi connectivity index (χ1n) is 9.99. The number of nitrogens with zero attached hydrogens (tertiary/aromatic N) is 1. The Hall–Kier alpha value is -3.29. The molecule has 0 aliphatic carbocycles. The fourth-order valence-corrected chi connectivity index (χ4v) is 4.74. The van der Waals surface area contributed by atoms with Gasteiger partial charge in [0.15, 0.2) is 0 Å². The second-order valence-electron chi connectivity index (χ2n) is 7.27. The van der Waals surface area contributed by atoms with E-state index in [-0.39, 0.29) is 11.6 Å². The summed E-state index contributed by atoms with van der Waals surface area (Å²) in [5, 5.41) is 3.97. The normalized spacial score (nSPS) is 12.1. The number of rotatable bonds is 7. The van der Waals surface area contributed by atoms with Gasteiger partial charge in [0.2, 0.25) is 0 Å². The molecule has 0 saturated heterocycles. The van der Waals surface area contributed by atoms with Crippen LogP contribution >= 0.6 is 11.3 Å². The second kappa shape index (κ2) is 9.24. The Bertz CT molecular complexity index is 1250. The number of carbonyl (C=O) groups excluding carboxylic acids is 1. The number of carbonyl (C=O) groups is 1. The number of H-pyrrole nitrogens is 1. The third kappa shape index (κ3) is 4.57. The molecule has 31 heavy (non-hydrogen) atoms. The van der Waals surface area contributed by atoms with Gasteiger partial charge in [-0.1, -0.05) is 60.7 Å². The van der Waals surface area contributed by atoms with Crippen molar-refractivity contribution in [3.63, 3.8) is 0 Å². The lowest BCUT2D eigenvalue weighted by Crippen LogP contribution is -2.25. The van der Waals surface area contributed by atoms with Gasteiger partial charge < -0.3 is 15.0 Å². The topological polar surface area (TPSA) is 84.1 Å². The van der Waals surface area contributed by atoms with Crippen LogP contribution in [0.2, 0.25) is 0 Å². The van der Waals surface area contributed by atoms with Crippen LogP contribution in [0.25, 0.3) is 10.2 Å². The van der Waals surface area contributed by atoms with Crippen LogP contribution in [0.15, 0.2) is 65.5 Å². The molecule has 2 aromatic heterocycles. The van der Waals surface area contributed by atoms with Gasteiger partial charge >= 0.3 is 5.97 Å². The number of nitrogens with one attached hydrogen (secondary N) is 2. The molecule has 0 aliphatic heterocycles. The molecule has 2 heterocycles. The quantitative estimate of drug-likeness (QED) is 0.428. The number of hydrogen-bond acceptors (Lipinski definition) is 6. The van der Waals surface area contributed by atoms with Crippen molar-refractivity contribution in [1.82, 2.24) is 15.3 Å². The number of thiophene rings is 1. The number of esters is 1. The summed E-state index contributed by atoms with van der Waals surface area (Å²) >= 11 is 1.18. The Kier molecular flexibility index (Phi) is 6.25. The number of aromatic amines is 1. The summed E-state index contributed by atoms with van der Waals surface area (Å²) in [7, 11) is 1.33. The van der Waals surface area contributed by atoms with Crippen LogP contribution in [0.3, 0.4) is 0 Å². The lowest BCUT2D eigenvalue weighted by Gasteiger charge is -2.19. The molecule has 0 bridgehead atoms. The molecule has 0 saturated carbocycles. The highest BCUT2D eigenvalue weighted by molar-refractivity contribution is 7.20. The Balaban J connectivity index is 1.60. The monoisotopic (exact) mass is 433 g/mol. The number of aryl methyl sites for hydroxylation is 1. The molecular weight excluding hydrogens is 410 g/mol. The van der Waals surface area contributed by atoms with E-state index >= 15 is 0 Å². The van der Waals surface area contributed by atoms with Crippen molar-refractivity contribution in [2.24, 2.45) is 0 Å². The zero-order valence-electron chi connectivity index (χ0n) is 17.3. The van der Waals surface area contributed by atoms with Gasteiger partial charge in [0.1, 0.15) is 15.5 Å². The molecule has 0 aliphatic rings. The van der Waals surface area contributed by atoms with Crippen molar-refractivity contribution in [1.29, 1.82) is 0 Å². The van der Waals surface area contributed by atoms with E-state index in [4.69, 9.17) is 4.74 Å². The van der Waals surface area contributed by atoms with Gasteiger partial charge in [0.25, 0.3) is 5.56 Å². The van der Waals surface area contributed by atoms with Gasteiger partial charge in [0.05, 0.1) is 19.0 Å². The van der Waals surface area contributed by atoms with Crippen LogP contribution in [0, 0.1) is 6.92 Å². The lowest BCUT2D eigenvalue weighted by atomic mass is 9.99. The standard InChI is InChI=1S/C24H23N3O3S/c1-15-20-22(28)26-19(27-23(20)31-21(15)24(29)30-2)14-25-18(17-11-7-4-8-12-17)13-16-9-5-3-6-10-16/h3-12,18,25H,13-14H2,1-2H3,(H,26,27,28). The van der Waals surface area contributed by atoms with E-state index in [1.165, 1.54) is 24.0 Å². The van der Waals surface area contributed by atoms with E-state index in [2.05, 4.69) is 39.6 Å². The zero-order chi connectivity index (χ0) is 21.8. The van der Waals surface area contributed by atoms with E-state index in [1.807, 2.05) is 36.4 Å². The van der Waals surface area contributed by atoms with Gasteiger partial charge in [0, 0.05) is 6.04 Å². The molecule has 1 atom stereocenters. The van der Waals surface area contributed by atoms with Crippen molar-refractivity contribution < 1.29 is 9.53 Å². The number of ether oxygens (including phenoxy) is 1. The molecule has 158 valence electrons. The zero-order valence-corrected chi connectivity index (χ0v) is 18.2. The van der Waals surface area contributed by atoms with E-state index in [0.717, 1.165) is 12.0 Å². The van der Waals surface area contributed by atoms with Crippen LogP contribution in [0.5, 0.6) is 0 Å². The molecule has 0 radical (unpaired) electrons. The molecule has 7 heteroatoms. The van der Waals surface area contributed by atoms with Gasteiger partial charge in [-0.25, -0.2) is 9.78 Å².